The number of carbonyl (C=O) groups excluding carboxylic acids is 1. The van der Waals surface area contributed by atoms with E-state index in [1.807, 2.05) is 0 Å². The van der Waals surface area contributed by atoms with Crippen LogP contribution in [0, 0.1) is 5.82 Å². The molecule has 2 aromatic carbocycles. The van der Waals surface area contributed by atoms with Gasteiger partial charge in [0.1, 0.15) is 5.82 Å². The van der Waals surface area contributed by atoms with E-state index in [0.717, 1.165) is 0 Å². The number of hydrogen-bond donors (Lipinski definition) is 0. The Morgan fingerprint density at radius 1 is 1.11 bits per heavy atom. The summed E-state index contributed by atoms with van der Waals surface area (Å²) < 4.78 is 38.8. The lowest BCUT2D eigenvalue weighted by Crippen LogP contribution is -2.42. The highest BCUT2D eigenvalue weighted by atomic mass is 35.5. The molecule has 2 aromatic rings. The van der Waals surface area contributed by atoms with Crippen LogP contribution < -0.4 is 0 Å². The lowest BCUT2D eigenvalue weighted by atomic mass is 10.1. The summed E-state index contributed by atoms with van der Waals surface area (Å²) in [7, 11) is -3.37. The summed E-state index contributed by atoms with van der Waals surface area (Å²) in [4.78, 5) is 14.4. The molecular weight excluding hydrogens is 389 g/mol. The number of piperidine rings is 1. The Labute approximate surface area is 163 Å². The maximum atomic E-state index is 13.5. The molecule has 0 bridgehead atoms. The molecule has 0 aliphatic carbocycles. The van der Waals surface area contributed by atoms with Gasteiger partial charge in [-0.3, -0.25) is 4.79 Å². The van der Waals surface area contributed by atoms with Crippen LogP contribution >= 0.6 is 11.6 Å². The van der Waals surface area contributed by atoms with Gasteiger partial charge in [0.05, 0.1) is 15.2 Å². The molecule has 27 heavy (non-hydrogen) atoms. The molecule has 0 unspecified atom stereocenters. The van der Waals surface area contributed by atoms with Crippen molar-refractivity contribution < 1.29 is 17.6 Å². The van der Waals surface area contributed by atoms with Gasteiger partial charge in [-0.2, -0.15) is 0 Å². The first-order valence-electron chi connectivity index (χ1n) is 8.88. The zero-order chi connectivity index (χ0) is 19.4. The maximum Gasteiger partial charge on any atom is 0.222 e. The average molecular weight is 410 g/mol. The van der Waals surface area contributed by atoms with E-state index in [1.165, 1.54) is 12.1 Å². The Balaban J connectivity index is 1.54. The SMILES string of the molecule is O=C(CCc1ccc(Cl)c(F)c1)N1CCC(S(=O)(=O)c2ccccc2)CC1. The molecule has 1 fully saturated rings. The van der Waals surface area contributed by atoms with Gasteiger partial charge in [-0.15, -0.1) is 0 Å². The van der Waals surface area contributed by atoms with E-state index in [-0.39, 0.29) is 17.4 Å². The number of likely N-dealkylation sites (tertiary alicyclic amines) is 1. The van der Waals surface area contributed by atoms with Gasteiger partial charge in [0.15, 0.2) is 9.84 Å². The molecule has 1 amide bonds. The van der Waals surface area contributed by atoms with Crippen LogP contribution in [0.1, 0.15) is 24.8 Å². The van der Waals surface area contributed by atoms with Crippen LogP contribution in [0.15, 0.2) is 53.4 Å². The summed E-state index contributed by atoms with van der Waals surface area (Å²) in [5, 5.41) is -0.402. The number of sulfone groups is 1. The number of carbonyl (C=O) groups is 1. The number of nitrogens with zero attached hydrogens (tertiary/aromatic N) is 1. The first-order chi connectivity index (χ1) is 12.9. The Kier molecular flexibility index (Phi) is 6.17. The molecule has 0 N–H and O–H groups in total. The zero-order valence-corrected chi connectivity index (χ0v) is 16.3. The molecule has 0 spiro atoms. The minimum absolute atomic E-state index is 0.0408. The predicted molar refractivity (Wildman–Crippen MR) is 103 cm³/mol. The third-order valence-electron chi connectivity index (χ3n) is 4.92. The first kappa shape index (κ1) is 19.8. The third kappa shape index (κ3) is 4.68. The predicted octanol–water partition coefficient (Wildman–Crippen LogP) is 3.88. The van der Waals surface area contributed by atoms with Crippen molar-refractivity contribution in [3.05, 3.63) is 64.9 Å². The van der Waals surface area contributed by atoms with Crippen molar-refractivity contribution in [3.8, 4) is 0 Å². The van der Waals surface area contributed by atoms with Gasteiger partial charge < -0.3 is 4.90 Å². The second-order valence-corrected chi connectivity index (χ2v) is 9.32. The number of aryl methyl sites for hydroxylation is 1. The topological polar surface area (TPSA) is 54.5 Å². The minimum Gasteiger partial charge on any atom is -0.343 e. The van der Waals surface area contributed by atoms with E-state index in [2.05, 4.69) is 0 Å². The highest BCUT2D eigenvalue weighted by Crippen LogP contribution is 2.25. The van der Waals surface area contributed by atoms with E-state index in [1.54, 1.807) is 41.3 Å². The van der Waals surface area contributed by atoms with Crippen LogP contribution in [0.25, 0.3) is 0 Å². The smallest absolute Gasteiger partial charge is 0.222 e. The molecule has 7 heteroatoms. The minimum atomic E-state index is -3.37. The van der Waals surface area contributed by atoms with Crippen molar-refractivity contribution in [3.63, 3.8) is 0 Å². The Hall–Kier alpha value is -1.92. The van der Waals surface area contributed by atoms with Gasteiger partial charge in [-0.25, -0.2) is 12.8 Å². The van der Waals surface area contributed by atoms with E-state index in [4.69, 9.17) is 11.6 Å². The van der Waals surface area contributed by atoms with Crippen LogP contribution in [0.3, 0.4) is 0 Å². The molecule has 1 aliphatic rings. The Morgan fingerprint density at radius 3 is 2.41 bits per heavy atom. The van der Waals surface area contributed by atoms with Gasteiger partial charge in [-0.05, 0) is 49.1 Å². The number of rotatable bonds is 5. The summed E-state index contributed by atoms with van der Waals surface area (Å²) in [6.07, 6.45) is 1.55. The summed E-state index contributed by atoms with van der Waals surface area (Å²) in [5.74, 6) is -0.533. The fraction of sp³-hybridized carbons (Fsp3) is 0.350. The Bertz CT molecular complexity index is 910. The van der Waals surface area contributed by atoms with Gasteiger partial charge in [0, 0.05) is 19.5 Å². The highest BCUT2D eigenvalue weighted by molar-refractivity contribution is 7.92. The van der Waals surface area contributed by atoms with Crippen LogP contribution in [-0.2, 0) is 21.1 Å². The third-order valence-corrected chi connectivity index (χ3v) is 7.50. The standard InChI is InChI=1S/C20H21ClFNO3S/c21-18-8-6-15(14-19(18)22)7-9-20(24)23-12-10-17(11-13-23)27(25,26)16-4-2-1-3-5-16/h1-6,8,14,17H,7,9-13H2. The second-order valence-electron chi connectivity index (χ2n) is 6.69. The van der Waals surface area contributed by atoms with Crippen LogP contribution in [0.2, 0.25) is 5.02 Å². The van der Waals surface area contributed by atoms with E-state index in [9.17, 15) is 17.6 Å². The largest absolute Gasteiger partial charge is 0.343 e. The van der Waals surface area contributed by atoms with Gasteiger partial charge in [0.2, 0.25) is 5.91 Å². The van der Waals surface area contributed by atoms with Crippen molar-refractivity contribution in [2.75, 3.05) is 13.1 Å². The van der Waals surface area contributed by atoms with Crippen molar-refractivity contribution in [2.45, 2.75) is 35.8 Å². The number of hydrogen-bond acceptors (Lipinski definition) is 3. The molecule has 3 rings (SSSR count). The number of amides is 1. The molecule has 1 heterocycles. The maximum absolute atomic E-state index is 13.5. The second kappa shape index (κ2) is 8.40. The molecular formula is C20H21ClFNO3S. The molecule has 4 nitrogen and oxygen atoms in total. The van der Waals surface area contributed by atoms with Crippen LogP contribution in [0.5, 0.6) is 0 Å². The van der Waals surface area contributed by atoms with Crippen molar-refractivity contribution in [2.24, 2.45) is 0 Å². The van der Waals surface area contributed by atoms with E-state index >= 15 is 0 Å². The van der Waals surface area contributed by atoms with Crippen molar-refractivity contribution >= 4 is 27.3 Å². The summed E-state index contributed by atoms with van der Waals surface area (Å²) in [6.45, 7) is 0.842. The van der Waals surface area contributed by atoms with Crippen LogP contribution in [0.4, 0.5) is 4.39 Å². The van der Waals surface area contributed by atoms with E-state index in [0.29, 0.717) is 42.8 Å². The van der Waals surface area contributed by atoms with Crippen molar-refractivity contribution in [1.82, 2.24) is 4.90 Å². The quantitative estimate of drug-likeness (QED) is 0.753. The fourth-order valence-electron chi connectivity index (χ4n) is 3.32. The monoisotopic (exact) mass is 409 g/mol. The summed E-state index contributed by atoms with van der Waals surface area (Å²) in [5.41, 5.74) is 0.715. The Morgan fingerprint density at radius 2 is 1.78 bits per heavy atom. The molecule has 0 atom stereocenters. The summed E-state index contributed by atoms with van der Waals surface area (Å²) in [6, 6.07) is 13.0. The molecule has 144 valence electrons. The lowest BCUT2D eigenvalue weighted by Gasteiger charge is -2.32. The molecule has 1 saturated heterocycles. The summed E-state index contributed by atoms with van der Waals surface area (Å²) >= 11 is 5.66. The first-order valence-corrected chi connectivity index (χ1v) is 10.8. The lowest BCUT2D eigenvalue weighted by molar-refractivity contribution is -0.132. The van der Waals surface area contributed by atoms with Gasteiger partial charge in [0.25, 0.3) is 0 Å². The molecule has 0 radical (unpaired) electrons. The average Bonchev–Trinajstić information content (AvgIpc) is 2.69. The van der Waals surface area contributed by atoms with E-state index < -0.39 is 20.9 Å². The zero-order valence-electron chi connectivity index (χ0n) is 14.8. The van der Waals surface area contributed by atoms with Gasteiger partial charge in [-0.1, -0.05) is 35.9 Å². The normalized spacial score (nSPS) is 15.7. The highest BCUT2D eigenvalue weighted by Gasteiger charge is 2.32. The fourth-order valence-corrected chi connectivity index (χ4v) is 5.19. The molecule has 0 aromatic heterocycles. The van der Waals surface area contributed by atoms with Gasteiger partial charge >= 0.3 is 0 Å². The molecule has 1 aliphatic heterocycles. The van der Waals surface area contributed by atoms with Crippen molar-refractivity contribution in [1.29, 1.82) is 0 Å². The number of benzene rings is 2. The number of halogens is 2. The van der Waals surface area contributed by atoms with Crippen LogP contribution in [-0.4, -0.2) is 37.6 Å². The molecule has 0 saturated carbocycles.